The van der Waals surface area contributed by atoms with E-state index >= 15 is 0 Å². The standard InChI is InChI=1S/C14H18F2N2O3S/c1-2-7-18(9-13(15)16)22(20,21)11-4-3-10-5-6-17-14(19)12(10)8-11/h3-4,8,13H,2,5-7,9H2,1H3,(H,17,19). The average molecular weight is 332 g/mol. The molecule has 0 radical (unpaired) electrons. The number of nitrogens with zero attached hydrogens (tertiary/aromatic N) is 1. The molecule has 0 spiro atoms. The topological polar surface area (TPSA) is 66.5 Å². The molecule has 1 N–H and O–H groups in total. The van der Waals surface area contributed by atoms with Gasteiger partial charge in [-0.1, -0.05) is 13.0 Å². The van der Waals surface area contributed by atoms with Gasteiger partial charge in [0, 0.05) is 18.7 Å². The largest absolute Gasteiger partial charge is 0.352 e. The van der Waals surface area contributed by atoms with E-state index in [1.165, 1.54) is 12.1 Å². The van der Waals surface area contributed by atoms with Crippen molar-refractivity contribution >= 4 is 15.9 Å². The van der Waals surface area contributed by atoms with Gasteiger partial charge in [-0.15, -0.1) is 0 Å². The zero-order valence-corrected chi connectivity index (χ0v) is 13.0. The molecule has 0 bridgehead atoms. The summed E-state index contributed by atoms with van der Waals surface area (Å²) < 4.78 is 51.0. The molecule has 0 saturated carbocycles. The smallest absolute Gasteiger partial charge is 0.252 e. The maximum atomic E-state index is 12.6. The fourth-order valence-corrected chi connectivity index (χ4v) is 3.95. The highest BCUT2D eigenvalue weighted by Crippen LogP contribution is 2.22. The number of rotatable bonds is 6. The van der Waals surface area contributed by atoms with Crippen molar-refractivity contribution in [3.63, 3.8) is 0 Å². The number of nitrogens with one attached hydrogen (secondary N) is 1. The molecule has 0 fully saturated rings. The maximum Gasteiger partial charge on any atom is 0.252 e. The first-order valence-electron chi connectivity index (χ1n) is 7.05. The third kappa shape index (κ3) is 3.44. The average Bonchev–Trinajstić information content (AvgIpc) is 2.46. The molecule has 2 rings (SSSR count). The van der Waals surface area contributed by atoms with E-state index in [1.807, 2.05) is 0 Å². The van der Waals surface area contributed by atoms with Crippen molar-refractivity contribution in [3.8, 4) is 0 Å². The van der Waals surface area contributed by atoms with Gasteiger partial charge in [0.15, 0.2) is 0 Å². The van der Waals surface area contributed by atoms with E-state index in [4.69, 9.17) is 0 Å². The molecule has 122 valence electrons. The minimum absolute atomic E-state index is 0.00988. The molecule has 0 unspecified atom stereocenters. The Hall–Kier alpha value is -1.54. The monoisotopic (exact) mass is 332 g/mol. The second kappa shape index (κ2) is 6.70. The van der Waals surface area contributed by atoms with Crippen molar-refractivity contribution in [1.82, 2.24) is 9.62 Å². The van der Waals surface area contributed by atoms with Crippen LogP contribution < -0.4 is 5.32 Å². The summed E-state index contributed by atoms with van der Waals surface area (Å²) in [5, 5.41) is 2.64. The van der Waals surface area contributed by atoms with Gasteiger partial charge in [0.05, 0.1) is 11.4 Å². The number of hydrogen-bond donors (Lipinski definition) is 1. The Morgan fingerprint density at radius 1 is 1.36 bits per heavy atom. The normalized spacial score (nSPS) is 15.0. The Bertz CT molecular complexity index is 662. The Labute approximate surface area is 128 Å². The molecular weight excluding hydrogens is 314 g/mol. The van der Waals surface area contributed by atoms with Crippen LogP contribution in [0.1, 0.15) is 29.3 Å². The summed E-state index contributed by atoms with van der Waals surface area (Å²) in [5.41, 5.74) is 1.06. The zero-order chi connectivity index (χ0) is 16.3. The number of carbonyl (C=O) groups excluding carboxylic acids is 1. The molecule has 8 heteroatoms. The zero-order valence-electron chi connectivity index (χ0n) is 12.2. The van der Waals surface area contributed by atoms with E-state index < -0.39 is 23.0 Å². The Morgan fingerprint density at radius 2 is 2.09 bits per heavy atom. The molecule has 0 aliphatic carbocycles. The third-order valence-corrected chi connectivity index (χ3v) is 5.32. The van der Waals surface area contributed by atoms with Crippen LogP contribution in [0.3, 0.4) is 0 Å². The number of fused-ring (bicyclic) bond motifs is 1. The van der Waals surface area contributed by atoms with Crippen LogP contribution in [0, 0.1) is 0 Å². The molecule has 1 aromatic carbocycles. The van der Waals surface area contributed by atoms with Crippen molar-refractivity contribution in [3.05, 3.63) is 29.3 Å². The van der Waals surface area contributed by atoms with E-state index in [0.29, 0.717) is 24.9 Å². The second-order valence-electron chi connectivity index (χ2n) is 5.08. The van der Waals surface area contributed by atoms with Crippen LogP contribution >= 0.6 is 0 Å². The molecule has 0 aromatic heterocycles. The van der Waals surface area contributed by atoms with Gasteiger partial charge < -0.3 is 5.32 Å². The van der Waals surface area contributed by atoms with E-state index in [0.717, 1.165) is 9.87 Å². The predicted molar refractivity (Wildman–Crippen MR) is 77.5 cm³/mol. The lowest BCUT2D eigenvalue weighted by atomic mass is 10.0. The van der Waals surface area contributed by atoms with Crippen LogP contribution in [-0.2, 0) is 16.4 Å². The summed E-state index contributed by atoms with van der Waals surface area (Å²) in [5.74, 6) is -0.339. The first-order valence-corrected chi connectivity index (χ1v) is 8.49. The summed E-state index contributed by atoms with van der Waals surface area (Å²) in [4.78, 5) is 11.7. The maximum absolute atomic E-state index is 12.6. The van der Waals surface area contributed by atoms with Gasteiger partial charge in [-0.2, -0.15) is 4.31 Å². The summed E-state index contributed by atoms with van der Waals surface area (Å²) in [6.07, 6.45) is -1.70. The van der Waals surface area contributed by atoms with Gasteiger partial charge >= 0.3 is 0 Å². The lowest BCUT2D eigenvalue weighted by molar-refractivity contribution is 0.0945. The van der Waals surface area contributed by atoms with Gasteiger partial charge in [0.25, 0.3) is 12.3 Å². The highest BCUT2D eigenvalue weighted by Gasteiger charge is 2.28. The SMILES string of the molecule is CCCN(CC(F)F)S(=O)(=O)c1ccc2c(c1)C(=O)NCC2. The summed E-state index contributed by atoms with van der Waals surface area (Å²) in [6, 6.07) is 4.22. The summed E-state index contributed by atoms with van der Waals surface area (Å²) in [7, 11) is -4.04. The Morgan fingerprint density at radius 3 is 2.73 bits per heavy atom. The quantitative estimate of drug-likeness (QED) is 0.861. The van der Waals surface area contributed by atoms with E-state index in [9.17, 15) is 22.0 Å². The van der Waals surface area contributed by atoms with Gasteiger partial charge in [-0.05, 0) is 30.5 Å². The number of sulfonamides is 1. The van der Waals surface area contributed by atoms with Crippen molar-refractivity contribution in [1.29, 1.82) is 0 Å². The molecule has 1 aliphatic heterocycles. The predicted octanol–water partition coefficient (Wildman–Crippen LogP) is 1.64. The lowest BCUT2D eigenvalue weighted by Gasteiger charge is -2.23. The van der Waals surface area contributed by atoms with E-state index in [2.05, 4.69) is 5.32 Å². The van der Waals surface area contributed by atoms with Crippen LogP contribution in [0.5, 0.6) is 0 Å². The van der Waals surface area contributed by atoms with E-state index in [1.54, 1.807) is 13.0 Å². The van der Waals surface area contributed by atoms with Crippen molar-refractivity contribution in [2.24, 2.45) is 0 Å². The second-order valence-corrected chi connectivity index (χ2v) is 7.02. The molecule has 0 saturated heterocycles. The molecule has 22 heavy (non-hydrogen) atoms. The Kier molecular flexibility index (Phi) is 5.12. The highest BCUT2D eigenvalue weighted by molar-refractivity contribution is 7.89. The van der Waals surface area contributed by atoms with Crippen molar-refractivity contribution in [2.75, 3.05) is 19.6 Å². The number of alkyl halides is 2. The summed E-state index contributed by atoms with van der Waals surface area (Å²) in [6.45, 7) is 1.38. The van der Waals surface area contributed by atoms with Crippen molar-refractivity contribution in [2.45, 2.75) is 31.1 Å². The van der Waals surface area contributed by atoms with Crippen LogP contribution in [-0.4, -0.2) is 44.7 Å². The molecule has 1 aromatic rings. The lowest BCUT2D eigenvalue weighted by Crippen LogP contribution is -2.36. The third-order valence-electron chi connectivity index (χ3n) is 3.46. The first kappa shape index (κ1) is 16.8. The van der Waals surface area contributed by atoms with E-state index in [-0.39, 0.29) is 17.3 Å². The summed E-state index contributed by atoms with van der Waals surface area (Å²) >= 11 is 0. The van der Waals surface area contributed by atoms with Gasteiger partial charge in [0.1, 0.15) is 0 Å². The van der Waals surface area contributed by atoms with Crippen LogP contribution in [0.2, 0.25) is 0 Å². The minimum Gasteiger partial charge on any atom is -0.352 e. The molecule has 0 atom stereocenters. The van der Waals surface area contributed by atoms with Crippen LogP contribution in [0.25, 0.3) is 0 Å². The van der Waals surface area contributed by atoms with Crippen molar-refractivity contribution < 1.29 is 22.0 Å². The Balaban J connectivity index is 2.39. The number of hydrogen-bond acceptors (Lipinski definition) is 3. The van der Waals surface area contributed by atoms with Gasteiger partial charge in [0.2, 0.25) is 10.0 Å². The van der Waals surface area contributed by atoms with Gasteiger partial charge in [-0.3, -0.25) is 4.79 Å². The number of benzene rings is 1. The molecule has 5 nitrogen and oxygen atoms in total. The minimum atomic E-state index is -4.04. The number of halogens is 2. The molecule has 1 heterocycles. The fourth-order valence-electron chi connectivity index (χ4n) is 2.41. The van der Waals surface area contributed by atoms with Crippen LogP contribution in [0.15, 0.2) is 23.1 Å². The molecule has 1 amide bonds. The van der Waals surface area contributed by atoms with Crippen LogP contribution in [0.4, 0.5) is 8.78 Å². The number of carbonyl (C=O) groups is 1. The molecule has 1 aliphatic rings. The van der Waals surface area contributed by atoms with Gasteiger partial charge in [-0.25, -0.2) is 17.2 Å². The fraction of sp³-hybridized carbons (Fsp3) is 0.500. The highest BCUT2D eigenvalue weighted by atomic mass is 32.2. The number of amides is 1. The molecular formula is C14H18F2N2O3S. The first-order chi connectivity index (χ1) is 10.4.